The number of amides is 1. The number of nitrogens with zero attached hydrogens (tertiary/aromatic N) is 5. The maximum absolute atomic E-state index is 14.8. The lowest BCUT2D eigenvalue weighted by Crippen LogP contribution is -2.34. The number of ether oxygens (including phenoxy) is 2. The van der Waals surface area contributed by atoms with E-state index in [0.29, 0.717) is 0 Å². The molecule has 4 aromatic rings. The highest BCUT2D eigenvalue weighted by atomic mass is 19.1. The molecule has 204 valence electrons. The van der Waals surface area contributed by atoms with Crippen LogP contribution in [0.1, 0.15) is 42.5 Å². The fourth-order valence-electron chi connectivity index (χ4n) is 3.73. The molecule has 1 amide bonds. The van der Waals surface area contributed by atoms with Crippen LogP contribution < -0.4 is 9.64 Å². The average Bonchev–Trinajstić information content (AvgIpc) is 3.44. The SMILES string of the molecule is COc1cc(C)c(F)c(C(=O)c2cc3cc(N(C(=O)OC(C)(C)C)c4nn(C)cc4[N+](=O)[O-])ncc3o2)c1F. The van der Waals surface area contributed by atoms with Crippen molar-refractivity contribution in [1.82, 2.24) is 14.8 Å². The van der Waals surface area contributed by atoms with Gasteiger partial charge in [0, 0.05) is 12.4 Å². The third-order valence-electron chi connectivity index (χ3n) is 5.41. The predicted octanol–water partition coefficient (Wildman–Crippen LogP) is 5.37. The summed E-state index contributed by atoms with van der Waals surface area (Å²) in [5.41, 5.74) is -2.30. The van der Waals surface area contributed by atoms with Gasteiger partial charge in [0.2, 0.25) is 11.6 Å². The summed E-state index contributed by atoms with van der Waals surface area (Å²) < 4.78 is 46.6. The maximum Gasteiger partial charge on any atom is 0.422 e. The first-order valence-corrected chi connectivity index (χ1v) is 11.4. The van der Waals surface area contributed by atoms with E-state index in [1.165, 1.54) is 33.2 Å². The molecule has 14 heteroatoms. The topological polar surface area (TPSA) is 143 Å². The van der Waals surface area contributed by atoms with E-state index in [9.17, 15) is 28.5 Å². The molecule has 0 fully saturated rings. The van der Waals surface area contributed by atoms with Crippen LogP contribution >= 0.6 is 0 Å². The smallest absolute Gasteiger partial charge is 0.422 e. The lowest BCUT2D eigenvalue weighted by Gasteiger charge is -2.25. The van der Waals surface area contributed by atoms with Crippen molar-refractivity contribution < 1.29 is 37.2 Å². The summed E-state index contributed by atoms with van der Waals surface area (Å²) in [4.78, 5) is 42.1. The van der Waals surface area contributed by atoms with E-state index in [1.54, 1.807) is 20.8 Å². The van der Waals surface area contributed by atoms with Crippen LogP contribution in [0.5, 0.6) is 5.75 Å². The summed E-state index contributed by atoms with van der Waals surface area (Å²) in [5, 5.41) is 15.9. The van der Waals surface area contributed by atoms with Crippen molar-refractivity contribution in [2.24, 2.45) is 7.05 Å². The van der Waals surface area contributed by atoms with Gasteiger partial charge in [-0.15, -0.1) is 5.10 Å². The molecule has 0 radical (unpaired) electrons. The number of ketones is 1. The number of pyridine rings is 1. The minimum atomic E-state index is -1.19. The zero-order valence-electron chi connectivity index (χ0n) is 21.7. The van der Waals surface area contributed by atoms with Crippen LogP contribution in [-0.2, 0) is 11.8 Å². The number of furan rings is 1. The van der Waals surface area contributed by atoms with Gasteiger partial charge in [-0.1, -0.05) is 0 Å². The van der Waals surface area contributed by atoms with Crippen molar-refractivity contribution in [1.29, 1.82) is 0 Å². The van der Waals surface area contributed by atoms with Crippen LogP contribution in [-0.4, -0.2) is 44.3 Å². The molecule has 0 unspecified atom stereocenters. The summed E-state index contributed by atoms with van der Waals surface area (Å²) in [6.07, 6.45) is 1.25. The van der Waals surface area contributed by atoms with E-state index in [0.717, 1.165) is 28.0 Å². The largest absolute Gasteiger partial charge is 0.494 e. The molecule has 4 rings (SSSR count). The summed E-state index contributed by atoms with van der Waals surface area (Å²) in [6.45, 7) is 6.18. The van der Waals surface area contributed by atoms with Gasteiger partial charge in [0.05, 0.1) is 18.2 Å². The Morgan fingerprint density at radius 1 is 1.18 bits per heavy atom. The van der Waals surface area contributed by atoms with Crippen LogP contribution in [0.15, 0.2) is 35.0 Å². The molecule has 1 aromatic carbocycles. The molecular weight excluding hydrogens is 520 g/mol. The van der Waals surface area contributed by atoms with Gasteiger partial charge in [0.1, 0.15) is 29.0 Å². The van der Waals surface area contributed by atoms with Crippen molar-refractivity contribution in [2.45, 2.75) is 33.3 Å². The standard InChI is InChI=1S/C25H23F2N5O7/c1-12-7-15(37-6)21(27)19(20(12)26)22(33)16-8-13-9-18(28-10-17(13)38-16)31(24(34)39-25(2,3)4)23-14(32(35)36)11-30(5)29-23/h7-11H,1-6H3. The lowest BCUT2D eigenvalue weighted by atomic mass is 10.0. The first-order valence-electron chi connectivity index (χ1n) is 11.4. The molecule has 0 atom stereocenters. The molecule has 39 heavy (non-hydrogen) atoms. The number of rotatable bonds is 6. The highest BCUT2D eigenvalue weighted by Gasteiger charge is 2.34. The molecule has 0 bridgehead atoms. The van der Waals surface area contributed by atoms with Crippen molar-refractivity contribution in [2.75, 3.05) is 12.0 Å². The highest BCUT2D eigenvalue weighted by Crippen LogP contribution is 2.35. The number of halogens is 2. The molecule has 0 aliphatic heterocycles. The number of methoxy groups -OCH3 is 1. The number of nitro groups is 1. The van der Waals surface area contributed by atoms with E-state index in [4.69, 9.17) is 13.9 Å². The first-order chi connectivity index (χ1) is 18.2. The minimum Gasteiger partial charge on any atom is -0.494 e. The Morgan fingerprint density at radius 2 is 1.87 bits per heavy atom. The Labute approximate surface area is 219 Å². The van der Waals surface area contributed by atoms with E-state index in [1.807, 2.05) is 0 Å². The predicted molar refractivity (Wildman–Crippen MR) is 133 cm³/mol. The van der Waals surface area contributed by atoms with Gasteiger partial charge in [-0.3, -0.25) is 19.6 Å². The Bertz CT molecular complexity index is 1640. The van der Waals surface area contributed by atoms with Crippen molar-refractivity contribution in [3.05, 3.63) is 69.2 Å². The second kappa shape index (κ2) is 9.78. The number of carbonyl (C=O) groups excluding carboxylic acids is 2. The quantitative estimate of drug-likeness (QED) is 0.178. The van der Waals surface area contributed by atoms with Crippen LogP contribution in [0, 0.1) is 28.7 Å². The van der Waals surface area contributed by atoms with Crippen LogP contribution in [0.4, 0.5) is 30.9 Å². The summed E-state index contributed by atoms with van der Waals surface area (Å²) >= 11 is 0. The molecule has 0 aliphatic rings. The molecule has 0 saturated carbocycles. The molecule has 0 N–H and O–H groups in total. The van der Waals surface area contributed by atoms with Crippen LogP contribution in [0.2, 0.25) is 0 Å². The van der Waals surface area contributed by atoms with E-state index in [-0.39, 0.29) is 33.9 Å². The summed E-state index contributed by atoms with van der Waals surface area (Å²) in [7, 11) is 2.62. The third kappa shape index (κ3) is 5.12. The minimum absolute atomic E-state index is 0.0124. The Hall–Kier alpha value is -4.88. The Kier molecular flexibility index (Phi) is 6.81. The fraction of sp³-hybridized carbons (Fsp3) is 0.280. The molecule has 3 heterocycles. The number of hydrogen-bond acceptors (Lipinski definition) is 9. The molecule has 0 saturated heterocycles. The van der Waals surface area contributed by atoms with Crippen molar-refractivity contribution in [3.8, 4) is 5.75 Å². The Balaban J connectivity index is 1.83. The number of anilines is 2. The number of hydrogen-bond donors (Lipinski definition) is 0. The summed E-state index contributed by atoms with van der Waals surface area (Å²) in [5.74, 6) is -4.59. The average molecular weight is 543 g/mol. The zero-order valence-corrected chi connectivity index (χ0v) is 21.7. The molecule has 3 aromatic heterocycles. The third-order valence-corrected chi connectivity index (χ3v) is 5.41. The van der Waals surface area contributed by atoms with Gasteiger partial charge < -0.3 is 13.9 Å². The number of carbonyl (C=O) groups is 2. The number of aryl methyl sites for hydroxylation is 2. The second-order valence-electron chi connectivity index (χ2n) is 9.50. The zero-order chi connectivity index (χ0) is 28.8. The number of aromatic nitrogens is 3. The van der Waals surface area contributed by atoms with Crippen LogP contribution in [0.25, 0.3) is 11.0 Å². The van der Waals surface area contributed by atoms with Crippen molar-refractivity contribution >= 4 is 40.2 Å². The van der Waals surface area contributed by atoms with Crippen LogP contribution in [0.3, 0.4) is 0 Å². The normalized spacial score (nSPS) is 11.5. The lowest BCUT2D eigenvalue weighted by molar-refractivity contribution is -0.384. The fourth-order valence-corrected chi connectivity index (χ4v) is 3.73. The monoisotopic (exact) mass is 543 g/mol. The van der Waals surface area contributed by atoms with Gasteiger partial charge in [-0.25, -0.2) is 23.5 Å². The van der Waals surface area contributed by atoms with Gasteiger partial charge in [0.15, 0.2) is 22.9 Å². The summed E-state index contributed by atoms with van der Waals surface area (Å²) in [6, 6.07) is 3.62. The maximum atomic E-state index is 14.8. The molecule has 0 aliphatic carbocycles. The van der Waals surface area contributed by atoms with Gasteiger partial charge in [0.25, 0.3) is 0 Å². The van der Waals surface area contributed by atoms with Gasteiger partial charge in [-0.05, 0) is 51.5 Å². The van der Waals surface area contributed by atoms with Gasteiger partial charge in [-0.2, -0.15) is 0 Å². The number of fused-ring (bicyclic) bond motifs is 1. The highest BCUT2D eigenvalue weighted by molar-refractivity contribution is 6.10. The number of benzene rings is 1. The Morgan fingerprint density at radius 3 is 2.49 bits per heavy atom. The molecular formula is C25H23F2N5O7. The second-order valence-corrected chi connectivity index (χ2v) is 9.50. The first kappa shape index (κ1) is 27.2. The van der Waals surface area contributed by atoms with E-state index >= 15 is 0 Å². The molecule has 12 nitrogen and oxygen atoms in total. The van der Waals surface area contributed by atoms with Gasteiger partial charge >= 0.3 is 11.8 Å². The van der Waals surface area contributed by atoms with E-state index < -0.39 is 51.0 Å². The van der Waals surface area contributed by atoms with Crippen molar-refractivity contribution in [3.63, 3.8) is 0 Å². The molecule has 0 spiro atoms. The van der Waals surface area contributed by atoms with E-state index in [2.05, 4.69) is 10.1 Å².